The van der Waals surface area contributed by atoms with E-state index >= 15 is 0 Å². The van der Waals surface area contributed by atoms with E-state index in [1.54, 1.807) is 27.4 Å². The topological polar surface area (TPSA) is 84.4 Å². The molecule has 0 N–H and O–H groups in total. The van der Waals surface area contributed by atoms with Crippen molar-refractivity contribution in [3.63, 3.8) is 0 Å². The minimum Gasteiger partial charge on any atom is -0.493 e. The fourth-order valence-electron chi connectivity index (χ4n) is 3.24. The van der Waals surface area contributed by atoms with E-state index in [4.69, 9.17) is 18.7 Å². The van der Waals surface area contributed by atoms with Gasteiger partial charge in [-0.05, 0) is 31.2 Å². The number of methoxy groups -OCH3 is 3. The van der Waals surface area contributed by atoms with Gasteiger partial charge in [0.25, 0.3) is 0 Å². The number of para-hydroxylation sites is 2. The maximum Gasteiger partial charge on any atom is 0.246 e. The molecular formula is C20H20N4O4. The summed E-state index contributed by atoms with van der Waals surface area (Å²) in [7, 11) is 4.68. The quantitative estimate of drug-likeness (QED) is 0.506. The molecule has 0 aliphatic heterocycles. The number of fused-ring (bicyclic) bond motifs is 1. The number of nitrogens with zero attached hydrogens (tertiary/aromatic N) is 4. The number of aromatic nitrogens is 4. The van der Waals surface area contributed by atoms with Gasteiger partial charge in [-0.25, -0.2) is 4.98 Å². The molecule has 0 saturated carbocycles. The molecule has 8 heteroatoms. The Morgan fingerprint density at radius 2 is 1.71 bits per heavy atom. The maximum absolute atomic E-state index is 5.51. The van der Waals surface area contributed by atoms with Gasteiger partial charge in [0.1, 0.15) is 12.4 Å². The first-order chi connectivity index (χ1) is 13.7. The van der Waals surface area contributed by atoms with Crippen LogP contribution in [0.15, 0.2) is 40.9 Å². The van der Waals surface area contributed by atoms with Crippen LogP contribution in [0.2, 0.25) is 0 Å². The second-order valence-corrected chi connectivity index (χ2v) is 6.13. The largest absolute Gasteiger partial charge is 0.493 e. The van der Waals surface area contributed by atoms with Crippen molar-refractivity contribution in [1.82, 2.24) is 19.7 Å². The van der Waals surface area contributed by atoms with Crippen LogP contribution in [0.5, 0.6) is 17.2 Å². The molecule has 0 spiro atoms. The third kappa shape index (κ3) is 2.92. The zero-order chi connectivity index (χ0) is 19.7. The van der Waals surface area contributed by atoms with Gasteiger partial charge in [0.2, 0.25) is 17.5 Å². The monoisotopic (exact) mass is 380 g/mol. The fraction of sp³-hybridized carbons (Fsp3) is 0.250. The van der Waals surface area contributed by atoms with Crippen molar-refractivity contribution in [2.75, 3.05) is 21.3 Å². The molecule has 28 heavy (non-hydrogen) atoms. The molecule has 0 fully saturated rings. The van der Waals surface area contributed by atoms with E-state index in [0.29, 0.717) is 41.1 Å². The summed E-state index contributed by atoms with van der Waals surface area (Å²) < 4.78 is 23.8. The highest BCUT2D eigenvalue weighted by Crippen LogP contribution is 2.43. The van der Waals surface area contributed by atoms with Gasteiger partial charge in [-0.2, -0.15) is 4.98 Å². The number of rotatable bonds is 6. The van der Waals surface area contributed by atoms with Gasteiger partial charge in [0.05, 0.1) is 37.9 Å². The van der Waals surface area contributed by atoms with E-state index in [1.807, 2.05) is 41.8 Å². The van der Waals surface area contributed by atoms with Crippen molar-refractivity contribution >= 4 is 11.0 Å². The summed E-state index contributed by atoms with van der Waals surface area (Å²) in [5.41, 5.74) is 2.60. The number of hydrogen-bond donors (Lipinski definition) is 0. The predicted molar refractivity (Wildman–Crippen MR) is 103 cm³/mol. The van der Waals surface area contributed by atoms with Crippen LogP contribution in [-0.4, -0.2) is 41.0 Å². The number of aryl methyl sites for hydroxylation is 1. The SMILES string of the molecule is COc1ccc(-c2noc(Cn3c(C)nc4ccccc43)n2)c(OC)c1OC. The molecule has 0 bridgehead atoms. The first-order valence-corrected chi connectivity index (χ1v) is 8.70. The van der Waals surface area contributed by atoms with E-state index in [1.165, 1.54) is 0 Å². The minimum absolute atomic E-state index is 0.412. The zero-order valence-corrected chi connectivity index (χ0v) is 16.1. The van der Waals surface area contributed by atoms with Gasteiger partial charge < -0.3 is 23.3 Å². The lowest BCUT2D eigenvalue weighted by Crippen LogP contribution is -2.02. The number of benzene rings is 2. The van der Waals surface area contributed by atoms with E-state index < -0.39 is 0 Å². The fourth-order valence-corrected chi connectivity index (χ4v) is 3.24. The molecule has 0 saturated heterocycles. The maximum atomic E-state index is 5.51. The minimum atomic E-state index is 0.412. The molecule has 0 radical (unpaired) electrons. The van der Waals surface area contributed by atoms with Crippen molar-refractivity contribution in [1.29, 1.82) is 0 Å². The molecule has 4 aromatic rings. The van der Waals surface area contributed by atoms with Gasteiger partial charge in [-0.1, -0.05) is 17.3 Å². The van der Waals surface area contributed by atoms with Crippen molar-refractivity contribution in [3.05, 3.63) is 48.1 Å². The molecule has 144 valence electrons. The summed E-state index contributed by atoms with van der Waals surface area (Å²) >= 11 is 0. The van der Waals surface area contributed by atoms with Gasteiger partial charge >= 0.3 is 0 Å². The van der Waals surface area contributed by atoms with Crippen LogP contribution in [0.1, 0.15) is 11.7 Å². The number of imidazole rings is 1. The highest BCUT2D eigenvalue weighted by Gasteiger charge is 2.21. The van der Waals surface area contributed by atoms with Crippen molar-refractivity contribution in [2.24, 2.45) is 0 Å². The second-order valence-electron chi connectivity index (χ2n) is 6.13. The number of hydrogen-bond acceptors (Lipinski definition) is 7. The molecule has 0 amide bonds. The van der Waals surface area contributed by atoms with E-state index in [0.717, 1.165) is 16.9 Å². The average molecular weight is 380 g/mol. The van der Waals surface area contributed by atoms with Crippen LogP contribution >= 0.6 is 0 Å². The normalized spacial score (nSPS) is 11.0. The van der Waals surface area contributed by atoms with Crippen molar-refractivity contribution in [2.45, 2.75) is 13.5 Å². The Balaban J connectivity index is 1.71. The van der Waals surface area contributed by atoms with Gasteiger partial charge in [-0.3, -0.25) is 0 Å². The molecule has 0 unspecified atom stereocenters. The molecule has 2 aromatic carbocycles. The molecule has 0 aliphatic carbocycles. The summed E-state index contributed by atoms with van der Waals surface area (Å²) in [5.74, 6) is 3.29. The average Bonchev–Trinajstić information content (AvgIpc) is 3.31. The molecule has 4 rings (SSSR count). The Labute approximate surface area is 161 Å². The molecule has 2 heterocycles. The van der Waals surface area contributed by atoms with E-state index in [2.05, 4.69) is 15.1 Å². The Kier molecular flexibility index (Phi) is 4.60. The summed E-state index contributed by atoms with van der Waals surface area (Å²) in [6, 6.07) is 11.5. The molecule has 8 nitrogen and oxygen atoms in total. The third-order valence-electron chi connectivity index (χ3n) is 4.55. The van der Waals surface area contributed by atoms with Crippen LogP contribution in [0, 0.1) is 6.92 Å². The van der Waals surface area contributed by atoms with E-state index in [9.17, 15) is 0 Å². The Hall–Kier alpha value is -3.55. The lowest BCUT2D eigenvalue weighted by Gasteiger charge is -2.13. The molecular weight excluding hydrogens is 360 g/mol. The first-order valence-electron chi connectivity index (χ1n) is 8.70. The van der Waals surface area contributed by atoms with Gasteiger partial charge in [0, 0.05) is 0 Å². The predicted octanol–water partition coefficient (Wildman–Crippen LogP) is 3.47. The second kappa shape index (κ2) is 7.22. The summed E-state index contributed by atoms with van der Waals surface area (Å²) in [6.07, 6.45) is 0. The van der Waals surface area contributed by atoms with E-state index in [-0.39, 0.29) is 0 Å². The Morgan fingerprint density at radius 1 is 0.929 bits per heavy atom. The zero-order valence-electron chi connectivity index (χ0n) is 16.1. The Morgan fingerprint density at radius 3 is 2.46 bits per heavy atom. The third-order valence-corrected chi connectivity index (χ3v) is 4.55. The number of ether oxygens (including phenoxy) is 3. The smallest absolute Gasteiger partial charge is 0.246 e. The van der Waals surface area contributed by atoms with Crippen LogP contribution in [0.3, 0.4) is 0 Å². The molecule has 0 aliphatic rings. The lowest BCUT2D eigenvalue weighted by molar-refractivity contribution is 0.325. The lowest BCUT2D eigenvalue weighted by atomic mass is 10.1. The first kappa shape index (κ1) is 17.8. The summed E-state index contributed by atoms with van der Waals surface area (Å²) in [5, 5.41) is 4.12. The highest BCUT2D eigenvalue weighted by atomic mass is 16.5. The van der Waals surface area contributed by atoms with Gasteiger partial charge in [0.15, 0.2) is 11.5 Å². The van der Waals surface area contributed by atoms with Crippen molar-refractivity contribution < 1.29 is 18.7 Å². The van der Waals surface area contributed by atoms with Crippen molar-refractivity contribution in [3.8, 4) is 28.6 Å². The molecule has 2 aromatic heterocycles. The Bertz CT molecular complexity index is 1130. The van der Waals surface area contributed by atoms with Crippen LogP contribution in [-0.2, 0) is 6.54 Å². The summed E-state index contributed by atoms with van der Waals surface area (Å²) in [4.78, 5) is 9.11. The van der Waals surface area contributed by atoms with Gasteiger partial charge in [-0.15, -0.1) is 0 Å². The summed E-state index contributed by atoms with van der Waals surface area (Å²) in [6.45, 7) is 2.38. The van der Waals surface area contributed by atoms with Crippen LogP contribution in [0.25, 0.3) is 22.4 Å². The standard InChI is InChI=1S/C20H20N4O4/c1-12-21-14-7-5-6-8-15(14)24(12)11-17-22-20(23-28-17)13-9-10-16(25-2)19(27-4)18(13)26-3/h5-10H,11H2,1-4H3. The van der Waals surface area contributed by atoms with Crippen LogP contribution < -0.4 is 14.2 Å². The molecule has 0 atom stereocenters. The van der Waals surface area contributed by atoms with Crippen LogP contribution in [0.4, 0.5) is 0 Å². The highest BCUT2D eigenvalue weighted by molar-refractivity contribution is 5.76.